The number of hydrogen-bond donors (Lipinski definition) is 1. The summed E-state index contributed by atoms with van der Waals surface area (Å²) in [6, 6.07) is 1.25. The molecule has 1 N–H and O–H groups in total. The van der Waals surface area contributed by atoms with Crippen LogP contribution in [0.3, 0.4) is 0 Å². The van der Waals surface area contributed by atoms with Crippen molar-refractivity contribution in [2.24, 2.45) is 0 Å². The summed E-state index contributed by atoms with van der Waals surface area (Å²) in [5.41, 5.74) is -1.03. The number of aryl methyl sites for hydroxylation is 1. The Bertz CT molecular complexity index is 389. The standard InChI is InChI=1S/C9H10O4/c1-3-6(10)8-7(11)4-5(2)13-9(8)12/h4,11H,3H2,1-2H3. The number of hydrogen-bond acceptors (Lipinski definition) is 4. The van der Waals surface area contributed by atoms with Crippen LogP contribution in [-0.2, 0) is 0 Å². The zero-order valence-electron chi connectivity index (χ0n) is 7.46. The van der Waals surface area contributed by atoms with Crippen LogP contribution in [0, 0.1) is 6.92 Å². The molecule has 4 heteroatoms. The molecule has 0 aliphatic rings. The third kappa shape index (κ3) is 1.77. The highest BCUT2D eigenvalue weighted by molar-refractivity contribution is 5.97. The zero-order chi connectivity index (χ0) is 10.0. The van der Waals surface area contributed by atoms with Crippen LogP contribution < -0.4 is 5.63 Å². The largest absolute Gasteiger partial charge is 0.507 e. The van der Waals surface area contributed by atoms with E-state index in [9.17, 15) is 14.7 Å². The highest BCUT2D eigenvalue weighted by Gasteiger charge is 2.15. The fourth-order valence-corrected chi connectivity index (χ4v) is 1.03. The molecule has 0 aliphatic carbocycles. The van der Waals surface area contributed by atoms with Crippen molar-refractivity contribution in [2.75, 3.05) is 0 Å². The van der Waals surface area contributed by atoms with Gasteiger partial charge >= 0.3 is 5.63 Å². The Balaban J connectivity index is 3.38. The minimum absolute atomic E-state index is 0.168. The molecule has 0 radical (unpaired) electrons. The smallest absolute Gasteiger partial charge is 0.350 e. The summed E-state index contributed by atoms with van der Waals surface area (Å²) in [5.74, 6) is -0.429. The van der Waals surface area contributed by atoms with Gasteiger partial charge in [0.1, 0.15) is 17.1 Å². The van der Waals surface area contributed by atoms with E-state index in [0.29, 0.717) is 0 Å². The van der Waals surface area contributed by atoms with Gasteiger partial charge in [-0.25, -0.2) is 4.79 Å². The fourth-order valence-electron chi connectivity index (χ4n) is 1.03. The molecular weight excluding hydrogens is 172 g/mol. The molecule has 1 aromatic rings. The molecule has 1 heterocycles. The number of aromatic hydroxyl groups is 1. The lowest BCUT2D eigenvalue weighted by atomic mass is 10.1. The van der Waals surface area contributed by atoms with E-state index in [0.717, 1.165) is 0 Å². The molecule has 1 rings (SSSR count). The van der Waals surface area contributed by atoms with Crippen molar-refractivity contribution in [3.05, 3.63) is 27.8 Å². The van der Waals surface area contributed by atoms with Gasteiger partial charge in [0.2, 0.25) is 0 Å². The first kappa shape index (κ1) is 9.51. The van der Waals surface area contributed by atoms with Gasteiger partial charge in [-0.15, -0.1) is 0 Å². The minimum Gasteiger partial charge on any atom is -0.507 e. The van der Waals surface area contributed by atoms with E-state index >= 15 is 0 Å². The minimum atomic E-state index is -0.774. The third-order valence-electron chi connectivity index (χ3n) is 1.65. The van der Waals surface area contributed by atoms with Crippen LogP contribution in [-0.4, -0.2) is 10.9 Å². The van der Waals surface area contributed by atoms with Gasteiger partial charge < -0.3 is 9.52 Å². The Hall–Kier alpha value is -1.58. The van der Waals surface area contributed by atoms with E-state index in [1.165, 1.54) is 13.0 Å². The van der Waals surface area contributed by atoms with Crippen LogP contribution in [0.1, 0.15) is 29.5 Å². The molecule has 0 aliphatic heterocycles. The first-order chi connectivity index (χ1) is 6.06. The second kappa shape index (κ2) is 3.43. The monoisotopic (exact) mass is 182 g/mol. The van der Waals surface area contributed by atoms with E-state index in [1.54, 1.807) is 6.92 Å². The maximum absolute atomic E-state index is 11.1. The number of rotatable bonds is 2. The normalized spacial score (nSPS) is 10.0. The van der Waals surface area contributed by atoms with Crippen molar-refractivity contribution in [1.29, 1.82) is 0 Å². The molecule has 0 atom stereocenters. The molecule has 70 valence electrons. The number of ketones is 1. The third-order valence-corrected chi connectivity index (χ3v) is 1.65. The van der Waals surface area contributed by atoms with Crippen molar-refractivity contribution in [3.8, 4) is 5.75 Å². The van der Waals surface area contributed by atoms with Gasteiger partial charge in [-0.3, -0.25) is 4.79 Å². The van der Waals surface area contributed by atoms with Gasteiger partial charge in [0, 0.05) is 12.5 Å². The summed E-state index contributed by atoms with van der Waals surface area (Å²) in [6.07, 6.45) is 0.168. The summed E-state index contributed by atoms with van der Waals surface area (Å²) >= 11 is 0. The van der Waals surface area contributed by atoms with Gasteiger partial charge in [0.05, 0.1) is 0 Å². The van der Waals surface area contributed by atoms with Gasteiger partial charge in [-0.05, 0) is 6.92 Å². The maximum atomic E-state index is 11.1. The van der Waals surface area contributed by atoms with Gasteiger partial charge in [-0.1, -0.05) is 6.92 Å². The number of carbonyl (C=O) groups is 1. The fraction of sp³-hybridized carbons (Fsp3) is 0.333. The van der Waals surface area contributed by atoms with Crippen LogP contribution in [0.15, 0.2) is 15.3 Å². The van der Waals surface area contributed by atoms with E-state index in [-0.39, 0.29) is 23.5 Å². The predicted molar refractivity (Wildman–Crippen MR) is 46.0 cm³/mol. The summed E-state index contributed by atoms with van der Waals surface area (Å²) in [6.45, 7) is 3.14. The Morgan fingerprint density at radius 3 is 2.69 bits per heavy atom. The molecule has 0 unspecified atom stereocenters. The Morgan fingerprint density at radius 1 is 1.62 bits per heavy atom. The van der Waals surface area contributed by atoms with Crippen LogP contribution in [0.4, 0.5) is 0 Å². The van der Waals surface area contributed by atoms with Crippen molar-refractivity contribution in [1.82, 2.24) is 0 Å². The molecule has 4 nitrogen and oxygen atoms in total. The molecular formula is C9H10O4. The molecule has 1 aromatic heterocycles. The van der Waals surface area contributed by atoms with Crippen LogP contribution in [0.25, 0.3) is 0 Å². The number of Topliss-reactive ketones (excluding diaryl/α,β-unsaturated/α-hetero) is 1. The molecule has 0 saturated heterocycles. The molecule has 0 fully saturated rings. The van der Waals surface area contributed by atoms with Crippen LogP contribution >= 0.6 is 0 Å². The molecule has 0 amide bonds. The van der Waals surface area contributed by atoms with E-state index in [2.05, 4.69) is 4.42 Å². The van der Waals surface area contributed by atoms with Crippen LogP contribution in [0.5, 0.6) is 5.75 Å². The Labute approximate surface area is 74.8 Å². The second-order valence-corrected chi connectivity index (χ2v) is 2.68. The lowest BCUT2D eigenvalue weighted by Gasteiger charge is -2.00. The second-order valence-electron chi connectivity index (χ2n) is 2.68. The van der Waals surface area contributed by atoms with E-state index in [4.69, 9.17) is 0 Å². The molecule has 0 aromatic carbocycles. The summed E-state index contributed by atoms with van der Waals surface area (Å²) in [7, 11) is 0. The first-order valence-electron chi connectivity index (χ1n) is 3.93. The van der Waals surface area contributed by atoms with Crippen LogP contribution in [0.2, 0.25) is 0 Å². The molecule has 13 heavy (non-hydrogen) atoms. The predicted octanol–water partition coefficient (Wildman–Crippen LogP) is 1.25. The van der Waals surface area contributed by atoms with Crippen molar-refractivity contribution in [2.45, 2.75) is 20.3 Å². The van der Waals surface area contributed by atoms with Gasteiger partial charge in [-0.2, -0.15) is 0 Å². The van der Waals surface area contributed by atoms with Gasteiger partial charge in [0.25, 0.3) is 0 Å². The maximum Gasteiger partial charge on any atom is 0.350 e. The summed E-state index contributed by atoms with van der Waals surface area (Å²) < 4.78 is 4.68. The summed E-state index contributed by atoms with van der Waals surface area (Å²) in [5, 5.41) is 9.29. The topological polar surface area (TPSA) is 67.5 Å². The average Bonchev–Trinajstić information content (AvgIpc) is 2.02. The first-order valence-corrected chi connectivity index (χ1v) is 3.93. The van der Waals surface area contributed by atoms with Crippen molar-refractivity contribution in [3.63, 3.8) is 0 Å². The Morgan fingerprint density at radius 2 is 2.23 bits per heavy atom. The molecule has 0 spiro atoms. The quantitative estimate of drug-likeness (QED) is 0.699. The zero-order valence-corrected chi connectivity index (χ0v) is 7.46. The number of carbonyl (C=O) groups excluding carboxylic acids is 1. The molecule has 0 saturated carbocycles. The SMILES string of the molecule is CCC(=O)c1c(O)cc(C)oc1=O. The van der Waals surface area contributed by atoms with Crippen molar-refractivity contribution >= 4 is 5.78 Å². The summed E-state index contributed by atoms with van der Waals surface area (Å²) in [4.78, 5) is 22.3. The van der Waals surface area contributed by atoms with E-state index in [1.807, 2.05) is 0 Å². The van der Waals surface area contributed by atoms with Crippen molar-refractivity contribution < 1.29 is 14.3 Å². The van der Waals surface area contributed by atoms with Gasteiger partial charge in [0.15, 0.2) is 5.78 Å². The Kier molecular flexibility index (Phi) is 2.51. The van der Waals surface area contributed by atoms with E-state index < -0.39 is 11.4 Å². The lowest BCUT2D eigenvalue weighted by molar-refractivity contribution is 0.0981. The highest BCUT2D eigenvalue weighted by Crippen LogP contribution is 2.15. The lowest BCUT2D eigenvalue weighted by Crippen LogP contribution is -2.13. The average molecular weight is 182 g/mol. The highest BCUT2D eigenvalue weighted by atomic mass is 16.4. The molecule has 0 bridgehead atoms.